The number of carboxylic acid groups (broad SMARTS) is 1. The Morgan fingerprint density at radius 1 is 1.16 bits per heavy atom. The highest BCUT2D eigenvalue weighted by Gasteiger charge is 2.22. The van der Waals surface area contributed by atoms with Crippen LogP contribution in [0, 0.1) is 5.82 Å². The Kier molecular flexibility index (Phi) is 6.46. The molecule has 1 aliphatic heterocycles. The molecule has 0 aliphatic carbocycles. The molecule has 3 aromatic rings. The van der Waals surface area contributed by atoms with Crippen molar-refractivity contribution in [2.24, 2.45) is 0 Å². The van der Waals surface area contributed by atoms with E-state index in [9.17, 15) is 4.79 Å². The van der Waals surface area contributed by atoms with E-state index in [1.807, 2.05) is 17.0 Å². The quantitative estimate of drug-likeness (QED) is 0.590. The number of ether oxygens (including phenoxy) is 1. The third kappa shape index (κ3) is 4.62. The molecule has 1 aromatic heterocycles. The zero-order valence-corrected chi connectivity index (χ0v) is 18.3. The molecule has 1 amide bonds. The minimum absolute atomic E-state index is 0.347. The first-order valence-corrected chi connectivity index (χ1v) is 10.6. The van der Waals surface area contributed by atoms with Gasteiger partial charge in [-0.2, -0.15) is 0 Å². The van der Waals surface area contributed by atoms with Gasteiger partial charge in [-0.1, -0.05) is 29.8 Å². The number of anilines is 1. The van der Waals surface area contributed by atoms with Gasteiger partial charge in [-0.15, -0.1) is 0 Å². The maximum Gasteiger partial charge on any atom is 0.407 e. The number of rotatable bonds is 5. The summed E-state index contributed by atoms with van der Waals surface area (Å²) < 4.78 is 21.0. The molecule has 0 saturated carbocycles. The zero-order valence-electron chi connectivity index (χ0n) is 17.6. The first-order chi connectivity index (χ1) is 15.5. The fraction of sp³-hybridized carbons (Fsp3) is 0.250. The number of pyridine rings is 1. The molecule has 0 spiro atoms. The highest BCUT2D eigenvalue weighted by atomic mass is 35.5. The van der Waals surface area contributed by atoms with E-state index < -0.39 is 6.09 Å². The van der Waals surface area contributed by atoms with Crippen LogP contribution in [0.3, 0.4) is 0 Å². The molecular formula is C24H23ClFN3O3. The summed E-state index contributed by atoms with van der Waals surface area (Å²) in [6.45, 7) is 1.99. The molecular weight excluding hydrogens is 433 g/mol. The summed E-state index contributed by atoms with van der Waals surface area (Å²) >= 11 is 6.12. The van der Waals surface area contributed by atoms with Crippen molar-refractivity contribution in [3.05, 3.63) is 76.7 Å². The summed E-state index contributed by atoms with van der Waals surface area (Å²) in [5, 5.41) is 9.65. The molecule has 0 atom stereocenters. The maximum atomic E-state index is 15.6. The van der Waals surface area contributed by atoms with E-state index in [2.05, 4.69) is 4.98 Å². The van der Waals surface area contributed by atoms with E-state index in [4.69, 9.17) is 21.4 Å². The number of hydrogen-bond acceptors (Lipinski definition) is 4. The number of hydrogen-bond donors (Lipinski definition) is 1. The third-order valence-electron chi connectivity index (χ3n) is 5.60. The summed E-state index contributed by atoms with van der Waals surface area (Å²) in [5.74, 6) is 0.858. The number of aromatic nitrogens is 1. The average molecular weight is 456 g/mol. The summed E-state index contributed by atoms with van der Waals surface area (Å²) in [6, 6.07) is 14.3. The Morgan fingerprint density at radius 3 is 2.62 bits per heavy atom. The Bertz CT molecular complexity index is 1130. The van der Waals surface area contributed by atoms with Crippen LogP contribution in [0.2, 0.25) is 5.02 Å². The van der Waals surface area contributed by atoms with Crippen LogP contribution in [0.25, 0.3) is 11.1 Å². The SMILES string of the molecule is COc1ccc(Cc2ccnc(N3CCN(C(=O)O)CC3)c2)c(F)c1-c1cccc(Cl)c1. The number of carbonyl (C=O) groups is 1. The van der Waals surface area contributed by atoms with Gasteiger partial charge in [0.1, 0.15) is 17.4 Å². The van der Waals surface area contributed by atoms with Crippen LogP contribution in [0.15, 0.2) is 54.7 Å². The fourth-order valence-electron chi connectivity index (χ4n) is 3.91. The van der Waals surface area contributed by atoms with Crippen LogP contribution < -0.4 is 9.64 Å². The molecule has 1 N–H and O–H groups in total. The number of piperazine rings is 1. The van der Waals surface area contributed by atoms with E-state index in [-0.39, 0.29) is 5.82 Å². The van der Waals surface area contributed by atoms with Gasteiger partial charge < -0.3 is 19.6 Å². The van der Waals surface area contributed by atoms with Crippen molar-refractivity contribution in [2.45, 2.75) is 6.42 Å². The lowest BCUT2D eigenvalue weighted by Gasteiger charge is -2.34. The van der Waals surface area contributed by atoms with E-state index >= 15 is 4.39 Å². The first kappa shape index (κ1) is 21.9. The Morgan fingerprint density at radius 2 is 1.94 bits per heavy atom. The molecule has 0 bridgehead atoms. The second kappa shape index (κ2) is 9.44. The first-order valence-electron chi connectivity index (χ1n) is 10.3. The van der Waals surface area contributed by atoms with E-state index in [0.717, 1.165) is 11.4 Å². The Labute approximate surface area is 190 Å². The lowest BCUT2D eigenvalue weighted by atomic mass is 9.97. The molecule has 1 fully saturated rings. The fourth-order valence-corrected chi connectivity index (χ4v) is 4.10. The predicted molar refractivity (Wildman–Crippen MR) is 122 cm³/mol. The summed E-state index contributed by atoms with van der Waals surface area (Å²) in [4.78, 5) is 19.0. The Hall–Kier alpha value is -3.32. The van der Waals surface area contributed by atoms with Gasteiger partial charge in [0.05, 0.1) is 12.7 Å². The van der Waals surface area contributed by atoms with Crippen molar-refractivity contribution >= 4 is 23.5 Å². The van der Waals surface area contributed by atoms with Gasteiger partial charge in [-0.25, -0.2) is 14.2 Å². The molecule has 0 radical (unpaired) electrons. The van der Waals surface area contributed by atoms with E-state index in [1.165, 1.54) is 12.0 Å². The normalized spacial score (nSPS) is 13.8. The summed E-state index contributed by atoms with van der Waals surface area (Å²) in [6.07, 6.45) is 1.18. The predicted octanol–water partition coefficient (Wildman–Crippen LogP) is 4.94. The van der Waals surface area contributed by atoms with Crippen LogP contribution in [-0.2, 0) is 6.42 Å². The van der Waals surface area contributed by atoms with Gasteiger partial charge in [0.15, 0.2) is 0 Å². The highest BCUT2D eigenvalue weighted by Crippen LogP contribution is 2.36. The van der Waals surface area contributed by atoms with Gasteiger partial charge in [0, 0.05) is 43.8 Å². The van der Waals surface area contributed by atoms with Crippen molar-refractivity contribution in [2.75, 3.05) is 38.2 Å². The van der Waals surface area contributed by atoms with Gasteiger partial charge in [0.2, 0.25) is 0 Å². The van der Waals surface area contributed by atoms with Crippen LogP contribution in [0.1, 0.15) is 11.1 Å². The molecule has 1 aliphatic rings. The smallest absolute Gasteiger partial charge is 0.407 e. The summed E-state index contributed by atoms with van der Waals surface area (Å²) in [7, 11) is 1.52. The lowest BCUT2D eigenvalue weighted by molar-refractivity contribution is 0.142. The van der Waals surface area contributed by atoms with Crippen LogP contribution >= 0.6 is 11.6 Å². The Balaban J connectivity index is 1.59. The average Bonchev–Trinajstić information content (AvgIpc) is 2.80. The number of methoxy groups -OCH3 is 1. The molecule has 166 valence electrons. The van der Waals surface area contributed by atoms with Crippen LogP contribution in [0.4, 0.5) is 15.0 Å². The van der Waals surface area contributed by atoms with Gasteiger partial charge in [0.25, 0.3) is 0 Å². The third-order valence-corrected chi connectivity index (χ3v) is 5.83. The second-order valence-corrected chi connectivity index (χ2v) is 8.02. The largest absolute Gasteiger partial charge is 0.496 e. The highest BCUT2D eigenvalue weighted by molar-refractivity contribution is 6.30. The van der Waals surface area contributed by atoms with Crippen molar-refractivity contribution in [3.63, 3.8) is 0 Å². The van der Waals surface area contributed by atoms with Crippen molar-refractivity contribution in [1.29, 1.82) is 0 Å². The van der Waals surface area contributed by atoms with Gasteiger partial charge >= 0.3 is 6.09 Å². The summed E-state index contributed by atoms with van der Waals surface area (Å²) in [5.41, 5.74) is 2.48. The van der Waals surface area contributed by atoms with Gasteiger partial charge in [-0.05, 0) is 47.0 Å². The standard InChI is InChI=1S/C24H23ClFN3O3/c1-32-20-6-5-18(23(26)22(20)17-3-2-4-19(25)15-17)13-16-7-8-27-21(14-16)28-9-11-29(12-10-28)24(30)31/h2-8,14-15H,9-13H2,1H3,(H,30,31). The van der Waals surface area contributed by atoms with E-state index in [1.54, 1.807) is 42.6 Å². The van der Waals surface area contributed by atoms with Crippen molar-refractivity contribution in [3.8, 4) is 16.9 Å². The maximum absolute atomic E-state index is 15.6. The minimum Gasteiger partial charge on any atom is -0.496 e. The number of benzene rings is 2. The van der Waals surface area contributed by atoms with Gasteiger partial charge in [-0.3, -0.25) is 0 Å². The van der Waals surface area contributed by atoms with Crippen LogP contribution in [-0.4, -0.2) is 54.4 Å². The molecule has 1 saturated heterocycles. The minimum atomic E-state index is -0.906. The van der Waals surface area contributed by atoms with Crippen molar-refractivity contribution in [1.82, 2.24) is 9.88 Å². The topological polar surface area (TPSA) is 65.9 Å². The number of halogens is 2. The number of nitrogens with zero attached hydrogens (tertiary/aromatic N) is 3. The molecule has 6 nitrogen and oxygen atoms in total. The number of amides is 1. The molecule has 2 aromatic carbocycles. The lowest BCUT2D eigenvalue weighted by Crippen LogP contribution is -2.48. The van der Waals surface area contributed by atoms with Crippen molar-refractivity contribution < 1.29 is 19.0 Å². The molecule has 8 heteroatoms. The molecule has 0 unspecified atom stereocenters. The molecule has 4 rings (SSSR count). The van der Waals surface area contributed by atoms with E-state index in [0.29, 0.717) is 60.1 Å². The molecule has 2 heterocycles. The molecule has 32 heavy (non-hydrogen) atoms. The monoisotopic (exact) mass is 455 g/mol. The zero-order chi connectivity index (χ0) is 22.7. The van der Waals surface area contributed by atoms with Crippen LogP contribution in [0.5, 0.6) is 5.75 Å². The second-order valence-electron chi connectivity index (χ2n) is 7.58.